The van der Waals surface area contributed by atoms with Gasteiger partial charge in [0.05, 0.1) is 12.2 Å². The van der Waals surface area contributed by atoms with E-state index in [9.17, 15) is 0 Å². The number of nitrogens with zero attached hydrogens (tertiary/aromatic N) is 2. The smallest absolute Gasteiger partial charge is 0.185 e. The predicted octanol–water partition coefficient (Wildman–Crippen LogP) is 1.48. The highest BCUT2D eigenvalue weighted by Gasteiger charge is 2.24. The van der Waals surface area contributed by atoms with Crippen LogP contribution in [0.15, 0.2) is 6.20 Å². The first-order chi connectivity index (χ1) is 7.69. The first-order valence-electron chi connectivity index (χ1n) is 5.68. The number of morpholine rings is 1. The standard InChI is InChI=1S/C11H19N3OS/c1-8-6-14(7-9(2)15-8)11-13-5-10(16-11)4-12-3/h5,8-9,12H,4,6-7H2,1-3H3/t8-,9+. The maximum atomic E-state index is 5.72. The summed E-state index contributed by atoms with van der Waals surface area (Å²) in [6, 6.07) is 0. The van der Waals surface area contributed by atoms with Crippen LogP contribution in [-0.4, -0.2) is 37.3 Å². The lowest BCUT2D eigenvalue weighted by molar-refractivity contribution is -0.00522. The summed E-state index contributed by atoms with van der Waals surface area (Å²) < 4.78 is 5.72. The minimum absolute atomic E-state index is 0.292. The maximum Gasteiger partial charge on any atom is 0.185 e. The molecular weight excluding hydrogens is 222 g/mol. The normalized spacial score (nSPS) is 26.1. The molecule has 1 N–H and O–H groups in total. The summed E-state index contributed by atoms with van der Waals surface area (Å²) in [5.74, 6) is 0. The third kappa shape index (κ3) is 2.72. The van der Waals surface area contributed by atoms with E-state index in [1.807, 2.05) is 13.2 Å². The summed E-state index contributed by atoms with van der Waals surface area (Å²) in [5, 5.41) is 4.26. The number of nitrogens with one attached hydrogen (secondary N) is 1. The van der Waals surface area contributed by atoms with E-state index in [2.05, 4.69) is 29.0 Å². The molecule has 1 fully saturated rings. The summed E-state index contributed by atoms with van der Waals surface area (Å²) >= 11 is 1.76. The number of hydrogen-bond acceptors (Lipinski definition) is 5. The summed E-state index contributed by atoms with van der Waals surface area (Å²) in [7, 11) is 1.96. The molecule has 0 unspecified atom stereocenters. The Balaban J connectivity index is 2.04. The van der Waals surface area contributed by atoms with Gasteiger partial charge in [-0.3, -0.25) is 0 Å². The van der Waals surface area contributed by atoms with Crippen LogP contribution in [0.2, 0.25) is 0 Å². The molecule has 0 amide bonds. The second-order valence-corrected chi connectivity index (χ2v) is 5.40. The molecule has 0 aliphatic carbocycles. The monoisotopic (exact) mass is 241 g/mol. The Kier molecular flexibility index (Phi) is 3.78. The van der Waals surface area contributed by atoms with Crippen molar-refractivity contribution in [2.75, 3.05) is 25.0 Å². The number of aromatic nitrogens is 1. The molecule has 0 saturated carbocycles. The van der Waals surface area contributed by atoms with Crippen molar-refractivity contribution in [2.45, 2.75) is 32.6 Å². The Morgan fingerprint density at radius 2 is 2.19 bits per heavy atom. The molecule has 4 nitrogen and oxygen atoms in total. The molecule has 1 aromatic heterocycles. The lowest BCUT2D eigenvalue weighted by Crippen LogP contribution is -2.45. The van der Waals surface area contributed by atoms with Crippen molar-refractivity contribution >= 4 is 16.5 Å². The fourth-order valence-electron chi connectivity index (χ4n) is 2.03. The zero-order chi connectivity index (χ0) is 11.5. The molecule has 16 heavy (non-hydrogen) atoms. The van der Waals surface area contributed by atoms with Crippen LogP contribution < -0.4 is 10.2 Å². The molecule has 0 spiro atoms. The SMILES string of the molecule is CNCc1cnc(N2C[C@@H](C)O[C@@H](C)C2)s1. The summed E-state index contributed by atoms with van der Waals surface area (Å²) in [6.45, 7) is 7.01. The molecule has 2 rings (SSSR count). The third-order valence-electron chi connectivity index (χ3n) is 2.58. The van der Waals surface area contributed by atoms with Crippen LogP contribution in [0.4, 0.5) is 5.13 Å². The van der Waals surface area contributed by atoms with Gasteiger partial charge in [-0.15, -0.1) is 11.3 Å². The van der Waals surface area contributed by atoms with Gasteiger partial charge < -0.3 is 15.0 Å². The van der Waals surface area contributed by atoms with Gasteiger partial charge in [-0.25, -0.2) is 4.98 Å². The van der Waals surface area contributed by atoms with E-state index in [4.69, 9.17) is 4.74 Å². The summed E-state index contributed by atoms with van der Waals surface area (Å²) in [6.07, 6.45) is 2.54. The van der Waals surface area contributed by atoms with Crippen LogP contribution in [0.3, 0.4) is 0 Å². The molecule has 1 aliphatic rings. The fourth-order valence-corrected chi connectivity index (χ4v) is 2.97. The summed E-state index contributed by atoms with van der Waals surface area (Å²) in [5.41, 5.74) is 0. The van der Waals surface area contributed by atoms with Gasteiger partial charge in [0.1, 0.15) is 0 Å². The third-order valence-corrected chi connectivity index (χ3v) is 3.64. The highest BCUT2D eigenvalue weighted by molar-refractivity contribution is 7.15. The molecule has 2 atom stereocenters. The number of rotatable bonds is 3. The van der Waals surface area contributed by atoms with Crippen LogP contribution >= 0.6 is 11.3 Å². The van der Waals surface area contributed by atoms with Gasteiger partial charge in [0.25, 0.3) is 0 Å². The van der Waals surface area contributed by atoms with E-state index in [0.29, 0.717) is 12.2 Å². The van der Waals surface area contributed by atoms with Crippen molar-refractivity contribution in [3.8, 4) is 0 Å². The quantitative estimate of drug-likeness (QED) is 0.869. The van der Waals surface area contributed by atoms with Crippen LogP contribution in [0, 0.1) is 0 Å². The van der Waals surface area contributed by atoms with Crippen LogP contribution in [0.1, 0.15) is 18.7 Å². The number of hydrogen-bond donors (Lipinski definition) is 1. The fraction of sp³-hybridized carbons (Fsp3) is 0.727. The van der Waals surface area contributed by atoms with E-state index >= 15 is 0 Å². The molecule has 0 bridgehead atoms. The lowest BCUT2D eigenvalue weighted by Gasteiger charge is -2.35. The number of anilines is 1. The first kappa shape index (κ1) is 11.8. The second kappa shape index (κ2) is 5.12. The molecular formula is C11H19N3OS. The Labute approximate surface area is 101 Å². The van der Waals surface area contributed by atoms with Gasteiger partial charge in [0, 0.05) is 30.7 Å². The molecule has 0 radical (unpaired) electrons. The minimum atomic E-state index is 0.292. The minimum Gasteiger partial charge on any atom is -0.372 e. The zero-order valence-corrected chi connectivity index (χ0v) is 10.9. The van der Waals surface area contributed by atoms with E-state index < -0.39 is 0 Å². The van der Waals surface area contributed by atoms with Gasteiger partial charge in [0.15, 0.2) is 5.13 Å². The van der Waals surface area contributed by atoms with Crippen LogP contribution in [0.25, 0.3) is 0 Å². The van der Waals surface area contributed by atoms with E-state index in [1.165, 1.54) is 4.88 Å². The average Bonchev–Trinajstić information content (AvgIpc) is 2.65. The Hall–Kier alpha value is -0.650. The van der Waals surface area contributed by atoms with E-state index in [0.717, 1.165) is 24.8 Å². The highest BCUT2D eigenvalue weighted by Crippen LogP contribution is 2.25. The van der Waals surface area contributed by atoms with E-state index in [-0.39, 0.29) is 0 Å². The molecule has 2 heterocycles. The molecule has 90 valence electrons. The molecule has 1 aromatic rings. The van der Waals surface area contributed by atoms with Crippen molar-refractivity contribution in [2.24, 2.45) is 0 Å². The van der Waals surface area contributed by atoms with Crippen LogP contribution in [0.5, 0.6) is 0 Å². The van der Waals surface area contributed by atoms with Gasteiger partial charge in [-0.2, -0.15) is 0 Å². The second-order valence-electron chi connectivity index (χ2n) is 4.30. The Morgan fingerprint density at radius 1 is 1.50 bits per heavy atom. The van der Waals surface area contributed by atoms with Gasteiger partial charge >= 0.3 is 0 Å². The van der Waals surface area contributed by atoms with Crippen molar-refractivity contribution in [1.82, 2.24) is 10.3 Å². The van der Waals surface area contributed by atoms with Crippen molar-refractivity contribution in [1.29, 1.82) is 0 Å². The van der Waals surface area contributed by atoms with Crippen LogP contribution in [-0.2, 0) is 11.3 Å². The first-order valence-corrected chi connectivity index (χ1v) is 6.50. The van der Waals surface area contributed by atoms with Gasteiger partial charge in [-0.05, 0) is 20.9 Å². The lowest BCUT2D eigenvalue weighted by atomic mass is 10.2. The van der Waals surface area contributed by atoms with Gasteiger partial charge in [0.2, 0.25) is 0 Å². The Morgan fingerprint density at radius 3 is 2.81 bits per heavy atom. The maximum absolute atomic E-state index is 5.72. The zero-order valence-electron chi connectivity index (χ0n) is 10.1. The highest BCUT2D eigenvalue weighted by atomic mass is 32.1. The molecule has 1 saturated heterocycles. The molecule has 5 heteroatoms. The topological polar surface area (TPSA) is 37.4 Å². The molecule has 0 aromatic carbocycles. The predicted molar refractivity (Wildman–Crippen MR) is 67.1 cm³/mol. The summed E-state index contributed by atoms with van der Waals surface area (Å²) in [4.78, 5) is 8.08. The number of thiazole rings is 1. The van der Waals surface area contributed by atoms with Crippen molar-refractivity contribution in [3.63, 3.8) is 0 Å². The van der Waals surface area contributed by atoms with Gasteiger partial charge in [-0.1, -0.05) is 0 Å². The largest absolute Gasteiger partial charge is 0.372 e. The molecule has 1 aliphatic heterocycles. The number of ether oxygens (including phenoxy) is 1. The van der Waals surface area contributed by atoms with Crippen molar-refractivity contribution in [3.05, 3.63) is 11.1 Å². The van der Waals surface area contributed by atoms with Crippen molar-refractivity contribution < 1.29 is 4.74 Å². The Bertz CT molecular complexity index is 332. The average molecular weight is 241 g/mol. The van der Waals surface area contributed by atoms with E-state index in [1.54, 1.807) is 11.3 Å².